The number of hydrogen-bond donors (Lipinski definition) is 2. The summed E-state index contributed by atoms with van der Waals surface area (Å²) in [6, 6.07) is 14.0. The van der Waals surface area contributed by atoms with Gasteiger partial charge in [-0.2, -0.15) is 10.2 Å². The van der Waals surface area contributed by atoms with Gasteiger partial charge in [0.2, 0.25) is 0 Å². The van der Waals surface area contributed by atoms with Crippen LogP contribution >= 0.6 is 0 Å². The largest absolute Gasteiger partial charge is 0.325 e. The van der Waals surface area contributed by atoms with E-state index in [1.54, 1.807) is 0 Å². The van der Waals surface area contributed by atoms with E-state index in [1.807, 2.05) is 42.2 Å². The number of nitrogens with two attached hydrogens (primary N) is 1. The molecule has 6 nitrogen and oxygen atoms in total. The van der Waals surface area contributed by atoms with Crippen LogP contribution in [0.25, 0.3) is 33.2 Å². The molecule has 26 heavy (non-hydrogen) atoms. The molecule has 0 atom stereocenters. The first-order valence-corrected chi connectivity index (χ1v) is 8.39. The lowest BCUT2D eigenvalue weighted by Crippen LogP contribution is -2.13. The first kappa shape index (κ1) is 16.2. The van der Waals surface area contributed by atoms with Crippen molar-refractivity contribution in [2.75, 3.05) is 0 Å². The van der Waals surface area contributed by atoms with Crippen LogP contribution in [0.3, 0.4) is 0 Å². The molecule has 0 bridgehead atoms. The highest BCUT2D eigenvalue weighted by Crippen LogP contribution is 2.33. The molecule has 2 aromatic carbocycles. The van der Waals surface area contributed by atoms with Crippen molar-refractivity contribution in [2.45, 2.75) is 13.5 Å². The molecule has 2 aromatic heterocycles. The second kappa shape index (κ2) is 6.24. The number of fused-ring (bicyclic) bond motifs is 1. The van der Waals surface area contributed by atoms with Crippen LogP contribution in [0.15, 0.2) is 53.5 Å². The summed E-state index contributed by atoms with van der Waals surface area (Å²) < 4.78 is 1.87. The summed E-state index contributed by atoms with van der Waals surface area (Å²) in [7, 11) is 1.93. The van der Waals surface area contributed by atoms with E-state index in [2.05, 4.69) is 40.4 Å². The van der Waals surface area contributed by atoms with Crippen molar-refractivity contribution in [1.29, 1.82) is 0 Å². The Labute approximate surface area is 150 Å². The lowest BCUT2D eigenvalue weighted by atomic mass is 9.98. The third-order valence-corrected chi connectivity index (χ3v) is 4.60. The Bertz CT molecular complexity index is 1170. The molecule has 0 spiro atoms. The Morgan fingerprint density at radius 3 is 2.73 bits per heavy atom. The highest BCUT2D eigenvalue weighted by molar-refractivity contribution is 5.91. The smallest absolute Gasteiger partial charge is 0.272 e. The van der Waals surface area contributed by atoms with E-state index >= 15 is 0 Å². The highest BCUT2D eigenvalue weighted by Gasteiger charge is 2.15. The van der Waals surface area contributed by atoms with E-state index in [-0.39, 0.29) is 12.1 Å². The standard InChI is InChI=1S/C20H19N5O/c1-12-4-3-5-14(8-12)19-17(11-22-25(19)2)13-6-7-15-16(9-13)18(10-21)23-24-20(15)26/h3-9,11H,10,21H2,1-2H3,(H,24,26). The average molecular weight is 345 g/mol. The predicted molar refractivity (Wildman–Crippen MR) is 103 cm³/mol. The second-order valence-corrected chi connectivity index (χ2v) is 6.36. The van der Waals surface area contributed by atoms with Crippen LogP contribution < -0.4 is 11.3 Å². The number of nitrogens with zero attached hydrogens (tertiary/aromatic N) is 3. The predicted octanol–water partition coefficient (Wildman–Crippen LogP) is 2.76. The Morgan fingerprint density at radius 2 is 1.96 bits per heavy atom. The van der Waals surface area contributed by atoms with Crippen molar-refractivity contribution in [3.63, 3.8) is 0 Å². The monoisotopic (exact) mass is 345 g/mol. The molecule has 0 amide bonds. The zero-order valence-corrected chi connectivity index (χ0v) is 14.7. The van der Waals surface area contributed by atoms with Crippen molar-refractivity contribution in [2.24, 2.45) is 12.8 Å². The number of rotatable bonds is 3. The summed E-state index contributed by atoms with van der Waals surface area (Å²) in [6.07, 6.45) is 1.85. The van der Waals surface area contributed by atoms with Gasteiger partial charge < -0.3 is 5.73 Å². The number of benzene rings is 2. The third kappa shape index (κ3) is 2.60. The van der Waals surface area contributed by atoms with Gasteiger partial charge in [0.1, 0.15) is 0 Å². The third-order valence-electron chi connectivity index (χ3n) is 4.60. The van der Waals surface area contributed by atoms with E-state index in [9.17, 15) is 4.79 Å². The quantitative estimate of drug-likeness (QED) is 0.597. The minimum absolute atomic E-state index is 0.214. The summed E-state index contributed by atoms with van der Waals surface area (Å²) in [5.74, 6) is 0. The fraction of sp³-hybridized carbons (Fsp3) is 0.150. The number of hydrogen-bond acceptors (Lipinski definition) is 4. The normalized spacial score (nSPS) is 11.2. The molecule has 0 saturated heterocycles. The summed E-state index contributed by atoms with van der Waals surface area (Å²) in [5, 5.41) is 12.4. The first-order chi connectivity index (χ1) is 12.6. The molecule has 0 aliphatic carbocycles. The maximum atomic E-state index is 12.0. The topological polar surface area (TPSA) is 89.6 Å². The van der Waals surface area contributed by atoms with Crippen molar-refractivity contribution in [3.8, 4) is 22.4 Å². The fourth-order valence-electron chi connectivity index (χ4n) is 3.33. The second-order valence-electron chi connectivity index (χ2n) is 6.36. The molecule has 0 aliphatic heterocycles. The minimum atomic E-state index is -0.214. The van der Waals surface area contributed by atoms with Crippen LogP contribution in [0, 0.1) is 6.92 Å². The fourth-order valence-corrected chi connectivity index (χ4v) is 3.33. The average Bonchev–Trinajstić information content (AvgIpc) is 3.03. The van der Waals surface area contributed by atoms with Gasteiger partial charge in [-0.3, -0.25) is 9.48 Å². The number of aromatic amines is 1. The van der Waals surface area contributed by atoms with Crippen LogP contribution in [0.2, 0.25) is 0 Å². The maximum Gasteiger partial charge on any atom is 0.272 e. The molecule has 3 N–H and O–H groups in total. The number of H-pyrrole nitrogens is 1. The molecule has 4 aromatic rings. The highest BCUT2D eigenvalue weighted by atomic mass is 16.1. The molecule has 0 saturated carbocycles. The zero-order chi connectivity index (χ0) is 18.3. The lowest BCUT2D eigenvalue weighted by Gasteiger charge is -2.09. The number of aromatic nitrogens is 4. The first-order valence-electron chi connectivity index (χ1n) is 8.39. The van der Waals surface area contributed by atoms with E-state index in [1.165, 1.54) is 5.56 Å². The van der Waals surface area contributed by atoms with Gasteiger partial charge in [0.05, 0.1) is 23.0 Å². The van der Waals surface area contributed by atoms with Gasteiger partial charge in [-0.15, -0.1) is 0 Å². The summed E-state index contributed by atoms with van der Waals surface area (Å²) in [5.41, 5.74) is 11.5. The summed E-state index contributed by atoms with van der Waals surface area (Å²) in [6.45, 7) is 2.33. The lowest BCUT2D eigenvalue weighted by molar-refractivity contribution is 0.776. The summed E-state index contributed by atoms with van der Waals surface area (Å²) >= 11 is 0. The van der Waals surface area contributed by atoms with Crippen molar-refractivity contribution >= 4 is 10.8 Å². The van der Waals surface area contributed by atoms with Gasteiger partial charge in [0.25, 0.3) is 5.56 Å². The van der Waals surface area contributed by atoms with Crippen LogP contribution in [-0.4, -0.2) is 20.0 Å². The molecule has 0 unspecified atom stereocenters. The van der Waals surface area contributed by atoms with Crippen LogP contribution in [0.1, 0.15) is 11.3 Å². The van der Waals surface area contributed by atoms with Gasteiger partial charge in [-0.1, -0.05) is 29.8 Å². The Morgan fingerprint density at radius 1 is 1.12 bits per heavy atom. The van der Waals surface area contributed by atoms with Gasteiger partial charge >= 0.3 is 0 Å². The van der Waals surface area contributed by atoms with Gasteiger partial charge in [0, 0.05) is 30.1 Å². The maximum absolute atomic E-state index is 12.0. The van der Waals surface area contributed by atoms with Crippen LogP contribution in [0.4, 0.5) is 0 Å². The van der Waals surface area contributed by atoms with E-state index in [0.717, 1.165) is 27.8 Å². The van der Waals surface area contributed by atoms with Crippen molar-refractivity contribution in [3.05, 3.63) is 70.3 Å². The Balaban J connectivity index is 1.96. The Hall–Kier alpha value is -3.25. The molecular weight excluding hydrogens is 326 g/mol. The summed E-state index contributed by atoms with van der Waals surface area (Å²) in [4.78, 5) is 12.0. The molecule has 0 radical (unpaired) electrons. The number of nitrogens with one attached hydrogen (secondary N) is 1. The van der Waals surface area contributed by atoms with Crippen LogP contribution in [0.5, 0.6) is 0 Å². The number of aryl methyl sites for hydroxylation is 2. The van der Waals surface area contributed by atoms with Crippen molar-refractivity contribution in [1.82, 2.24) is 20.0 Å². The zero-order valence-electron chi connectivity index (χ0n) is 14.7. The van der Waals surface area contributed by atoms with Crippen molar-refractivity contribution < 1.29 is 0 Å². The van der Waals surface area contributed by atoms with E-state index in [0.29, 0.717) is 11.1 Å². The minimum Gasteiger partial charge on any atom is -0.325 e. The molecule has 130 valence electrons. The van der Waals surface area contributed by atoms with E-state index < -0.39 is 0 Å². The van der Waals surface area contributed by atoms with E-state index in [4.69, 9.17) is 5.73 Å². The Kier molecular flexibility index (Phi) is 3.89. The van der Waals surface area contributed by atoms with Gasteiger partial charge in [-0.05, 0) is 30.7 Å². The SMILES string of the molecule is Cc1cccc(-c2c(-c3ccc4c(=O)[nH]nc(CN)c4c3)cnn2C)c1. The molecule has 0 fully saturated rings. The molecule has 6 heteroatoms. The van der Waals surface area contributed by atoms with Gasteiger partial charge in [0.15, 0.2) is 0 Å². The molecular formula is C20H19N5O. The molecule has 2 heterocycles. The molecule has 4 rings (SSSR count). The molecule has 0 aliphatic rings. The van der Waals surface area contributed by atoms with Crippen LogP contribution in [-0.2, 0) is 13.6 Å². The van der Waals surface area contributed by atoms with Gasteiger partial charge in [-0.25, -0.2) is 5.10 Å².